The minimum absolute atomic E-state index is 0.0330. The highest BCUT2D eigenvalue weighted by molar-refractivity contribution is 6.36. The summed E-state index contributed by atoms with van der Waals surface area (Å²) in [6, 6.07) is 12.3. The van der Waals surface area contributed by atoms with Gasteiger partial charge in [-0.1, -0.05) is 41.4 Å². The van der Waals surface area contributed by atoms with Gasteiger partial charge in [-0.3, -0.25) is 9.59 Å². The molecule has 0 aromatic heterocycles. The number of morpholine rings is 1. The molecular weight excluding hydrogens is 415 g/mol. The quantitative estimate of drug-likeness (QED) is 0.743. The van der Waals surface area contributed by atoms with Gasteiger partial charge in [0.1, 0.15) is 5.75 Å². The Bertz CT molecular complexity index is 910. The minimum atomic E-state index is -0.770. The van der Waals surface area contributed by atoms with Crippen LogP contribution in [0, 0.1) is 0 Å². The lowest BCUT2D eigenvalue weighted by Crippen LogP contribution is -2.54. The Morgan fingerprint density at radius 3 is 2.41 bits per heavy atom. The minimum Gasteiger partial charge on any atom is -0.476 e. The van der Waals surface area contributed by atoms with E-state index in [1.807, 2.05) is 12.1 Å². The molecule has 0 spiro atoms. The molecule has 2 aromatic rings. The Labute approximate surface area is 178 Å². The van der Waals surface area contributed by atoms with Gasteiger partial charge in [0.25, 0.3) is 5.91 Å². The molecule has 4 rings (SSSR count). The third kappa shape index (κ3) is 4.20. The SMILES string of the molecule is O=C([C@H]1CN(C(=O)Cc2c(Cl)cccc2Cl)c2ccccc2O1)N1CCOCC1. The number of halogens is 2. The lowest BCUT2D eigenvalue weighted by molar-refractivity contribution is -0.142. The summed E-state index contributed by atoms with van der Waals surface area (Å²) >= 11 is 12.5. The summed E-state index contributed by atoms with van der Waals surface area (Å²) in [5.74, 6) is 0.163. The second-order valence-corrected chi connectivity index (χ2v) is 7.71. The lowest BCUT2D eigenvalue weighted by Gasteiger charge is -2.37. The number of hydrogen-bond acceptors (Lipinski definition) is 4. The van der Waals surface area contributed by atoms with E-state index < -0.39 is 6.10 Å². The molecule has 29 heavy (non-hydrogen) atoms. The summed E-state index contributed by atoms with van der Waals surface area (Å²) < 4.78 is 11.3. The molecule has 0 unspecified atom stereocenters. The molecular formula is C21H20Cl2N2O4. The first kappa shape index (κ1) is 20.0. The van der Waals surface area contributed by atoms with Gasteiger partial charge < -0.3 is 19.3 Å². The number of rotatable bonds is 3. The highest BCUT2D eigenvalue weighted by Crippen LogP contribution is 2.35. The van der Waals surface area contributed by atoms with Crippen LogP contribution in [0.3, 0.4) is 0 Å². The Morgan fingerprint density at radius 2 is 1.69 bits per heavy atom. The first-order valence-corrected chi connectivity index (χ1v) is 10.2. The largest absolute Gasteiger partial charge is 0.476 e. The van der Waals surface area contributed by atoms with E-state index in [0.29, 0.717) is 53.3 Å². The third-order valence-electron chi connectivity index (χ3n) is 5.06. The van der Waals surface area contributed by atoms with Crippen molar-refractivity contribution in [3.63, 3.8) is 0 Å². The molecule has 0 bridgehead atoms. The number of para-hydroxylation sites is 2. The van der Waals surface area contributed by atoms with Crippen LogP contribution in [0.4, 0.5) is 5.69 Å². The number of hydrogen-bond donors (Lipinski definition) is 0. The summed E-state index contributed by atoms with van der Waals surface area (Å²) in [7, 11) is 0. The van der Waals surface area contributed by atoms with Gasteiger partial charge in [-0.15, -0.1) is 0 Å². The Balaban J connectivity index is 1.59. The summed E-state index contributed by atoms with van der Waals surface area (Å²) in [6.07, 6.45) is -0.737. The van der Waals surface area contributed by atoms with E-state index in [-0.39, 0.29) is 24.8 Å². The number of anilines is 1. The van der Waals surface area contributed by atoms with Gasteiger partial charge in [-0.05, 0) is 29.8 Å². The maximum Gasteiger partial charge on any atom is 0.265 e. The maximum absolute atomic E-state index is 13.2. The van der Waals surface area contributed by atoms with Gasteiger partial charge in [0.2, 0.25) is 5.91 Å². The van der Waals surface area contributed by atoms with Gasteiger partial charge in [0.05, 0.1) is 31.9 Å². The number of carbonyl (C=O) groups is 2. The van der Waals surface area contributed by atoms with Gasteiger partial charge in [-0.25, -0.2) is 0 Å². The molecule has 8 heteroatoms. The molecule has 1 saturated heterocycles. The zero-order valence-electron chi connectivity index (χ0n) is 15.6. The number of fused-ring (bicyclic) bond motifs is 1. The second-order valence-electron chi connectivity index (χ2n) is 6.89. The smallest absolute Gasteiger partial charge is 0.265 e. The van der Waals surface area contributed by atoms with E-state index in [9.17, 15) is 9.59 Å². The first-order valence-electron chi connectivity index (χ1n) is 9.40. The van der Waals surface area contributed by atoms with Crippen molar-refractivity contribution < 1.29 is 19.1 Å². The van der Waals surface area contributed by atoms with Crippen LogP contribution >= 0.6 is 23.2 Å². The summed E-state index contributed by atoms with van der Waals surface area (Å²) in [5.41, 5.74) is 1.20. The summed E-state index contributed by atoms with van der Waals surface area (Å²) in [6.45, 7) is 2.17. The van der Waals surface area contributed by atoms with Crippen molar-refractivity contribution in [2.75, 3.05) is 37.7 Å². The van der Waals surface area contributed by atoms with E-state index in [1.165, 1.54) is 0 Å². The third-order valence-corrected chi connectivity index (χ3v) is 5.77. The predicted octanol–water partition coefficient (Wildman–Crippen LogP) is 3.19. The van der Waals surface area contributed by atoms with Crippen molar-refractivity contribution in [3.05, 3.63) is 58.1 Å². The normalized spacial score (nSPS) is 18.8. The van der Waals surface area contributed by atoms with Gasteiger partial charge >= 0.3 is 0 Å². The van der Waals surface area contributed by atoms with Crippen LogP contribution in [-0.4, -0.2) is 55.7 Å². The van der Waals surface area contributed by atoms with Crippen molar-refractivity contribution in [1.82, 2.24) is 4.90 Å². The molecule has 2 heterocycles. The highest BCUT2D eigenvalue weighted by atomic mass is 35.5. The molecule has 2 aliphatic heterocycles. The van der Waals surface area contributed by atoms with Crippen LogP contribution in [0.5, 0.6) is 5.75 Å². The predicted molar refractivity (Wildman–Crippen MR) is 111 cm³/mol. The van der Waals surface area contributed by atoms with E-state index in [1.54, 1.807) is 40.1 Å². The van der Waals surface area contributed by atoms with Crippen molar-refractivity contribution in [1.29, 1.82) is 0 Å². The average Bonchev–Trinajstić information content (AvgIpc) is 2.75. The van der Waals surface area contributed by atoms with Crippen molar-refractivity contribution in [3.8, 4) is 5.75 Å². The van der Waals surface area contributed by atoms with Gasteiger partial charge in [0, 0.05) is 23.1 Å². The molecule has 2 aromatic carbocycles. The van der Waals surface area contributed by atoms with Crippen LogP contribution in [-0.2, 0) is 20.7 Å². The topological polar surface area (TPSA) is 59.1 Å². The molecule has 0 aliphatic carbocycles. The Hall–Kier alpha value is -2.28. The van der Waals surface area contributed by atoms with E-state index in [4.69, 9.17) is 32.7 Å². The summed E-state index contributed by atoms with van der Waals surface area (Å²) in [5, 5.41) is 0.877. The Kier molecular flexibility index (Phi) is 5.94. The van der Waals surface area contributed by atoms with Crippen LogP contribution in [0.2, 0.25) is 10.0 Å². The monoisotopic (exact) mass is 434 g/mol. The average molecular weight is 435 g/mol. The maximum atomic E-state index is 13.2. The fourth-order valence-electron chi connectivity index (χ4n) is 3.53. The zero-order valence-corrected chi connectivity index (χ0v) is 17.2. The van der Waals surface area contributed by atoms with Crippen molar-refractivity contribution >= 4 is 40.7 Å². The molecule has 6 nitrogen and oxygen atoms in total. The van der Waals surface area contributed by atoms with Crippen LogP contribution < -0.4 is 9.64 Å². The fraction of sp³-hybridized carbons (Fsp3) is 0.333. The van der Waals surface area contributed by atoms with Crippen molar-refractivity contribution in [2.45, 2.75) is 12.5 Å². The molecule has 0 saturated carbocycles. The van der Waals surface area contributed by atoms with Crippen molar-refractivity contribution in [2.24, 2.45) is 0 Å². The van der Waals surface area contributed by atoms with Crippen LogP contribution in [0.15, 0.2) is 42.5 Å². The van der Waals surface area contributed by atoms with E-state index in [0.717, 1.165) is 0 Å². The number of ether oxygens (including phenoxy) is 2. The molecule has 2 amide bonds. The molecule has 0 N–H and O–H groups in total. The van der Waals surface area contributed by atoms with Gasteiger partial charge in [0.15, 0.2) is 6.10 Å². The number of nitrogens with zero attached hydrogens (tertiary/aromatic N) is 2. The van der Waals surface area contributed by atoms with Crippen LogP contribution in [0.25, 0.3) is 0 Å². The number of benzene rings is 2. The van der Waals surface area contributed by atoms with Gasteiger partial charge in [-0.2, -0.15) is 0 Å². The molecule has 152 valence electrons. The Morgan fingerprint density at radius 1 is 1.00 bits per heavy atom. The van der Waals surface area contributed by atoms with Crippen LogP contribution in [0.1, 0.15) is 5.56 Å². The standard InChI is InChI=1S/C21H20Cl2N2O4/c22-15-4-3-5-16(23)14(15)12-20(26)25-13-19(21(27)24-8-10-28-11-9-24)29-18-7-2-1-6-17(18)25/h1-7,19H,8-13H2/t19-/m1/s1. The number of amides is 2. The van der Waals surface area contributed by atoms with E-state index >= 15 is 0 Å². The number of carbonyl (C=O) groups excluding carboxylic acids is 2. The van der Waals surface area contributed by atoms with E-state index in [2.05, 4.69) is 0 Å². The summed E-state index contributed by atoms with van der Waals surface area (Å²) in [4.78, 5) is 29.5. The second kappa shape index (κ2) is 8.61. The molecule has 2 aliphatic rings. The first-order chi connectivity index (χ1) is 14.0. The zero-order chi connectivity index (χ0) is 20.4. The highest BCUT2D eigenvalue weighted by Gasteiger charge is 2.36. The molecule has 1 atom stereocenters. The fourth-order valence-corrected chi connectivity index (χ4v) is 4.07. The molecule has 0 radical (unpaired) electrons. The lowest BCUT2D eigenvalue weighted by atomic mass is 10.1. The molecule has 1 fully saturated rings.